The Morgan fingerprint density at radius 2 is 1.94 bits per heavy atom. The predicted molar refractivity (Wildman–Crippen MR) is 72.4 cm³/mol. The second kappa shape index (κ2) is 5.55. The molecule has 0 saturated heterocycles. The van der Waals surface area contributed by atoms with Gasteiger partial charge in [0.05, 0.1) is 6.42 Å². The molecule has 0 aliphatic rings. The molecule has 0 unspecified atom stereocenters. The van der Waals surface area contributed by atoms with Gasteiger partial charge in [-0.3, -0.25) is 4.79 Å². The number of benzene rings is 1. The molecule has 1 aromatic heterocycles. The largest absolute Gasteiger partial charge is 0.335 e. The summed E-state index contributed by atoms with van der Waals surface area (Å²) in [4.78, 5) is 16.3. The molecule has 0 spiro atoms. The Hall–Kier alpha value is -1.32. The zero-order valence-corrected chi connectivity index (χ0v) is 11.4. The minimum atomic E-state index is -0.0414. The average Bonchev–Trinajstić information content (AvgIpc) is 2.75. The van der Waals surface area contributed by atoms with Crippen LogP contribution < -0.4 is 0 Å². The molecule has 0 amide bonds. The first-order valence-corrected chi connectivity index (χ1v) is 6.35. The van der Waals surface area contributed by atoms with Crippen molar-refractivity contribution < 1.29 is 4.79 Å². The highest BCUT2D eigenvalue weighted by molar-refractivity contribution is 6.35. The molecule has 18 heavy (non-hydrogen) atoms. The molecular weight excluding hydrogens is 271 g/mol. The van der Waals surface area contributed by atoms with Crippen molar-refractivity contribution in [1.29, 1.82) is 0 Å². The van der Waals surface area contributed by atoms with Gasteiger partial charge in [0.1, 0.15) is 5.82 Å². The van der Waals surface area contributed by atoms with Gasteiger partial charge in [-0.1, -0.05) is 23.2 Å². The lowest BCUT2D eigenvalue weighted by Crippen LogP contribution is -2.09. The highest BCUT2D eigenvalue weighted by atomic mass is 35.5. The van der Waals surface area contributed by atoms with Crippen LogP contribution in [0, 0.1) is 0 Å². The Balaban J connectivity index is 2.22. The molecule has 2 rings (SSSR count). The average molecular weight is 283 g/mol. The highest BCUT2D eigenvalue weighted by Crippen LogP contribution is 2.20. The van der Waals surface area contributed by atoms with Crippen LogP contribution in [0.1, 0.15) is 23.1 Å². The van der Waals surface area contributed by atoms with Gasteiger partial charge in [-0.15, -0.1) is 0 Å². The van der Waals surface area contributed by atoms with Gasteiger partial charge in [-0.25, -0.2) is 4.98 Å². The maximum absolute atomic E-state index is 12.1. The summed E-state index contributed by atoms with van der Waals surface area (Å²) in [5.41, 5.74) is 0.512. The van der Waals surface area contributed by atoms with Crippen LogP contribution in [0.3, 0.4) is 0 Å². The van der Waals surface area contributed by atoms with Crippen LogP contribution in [0.2, 0.25) is 10.0 Å². The third kappa shape index (κ3) is 2.92. The lowest BCUT2D eigenvalue weighted by molar-refractivity contribution is 0.0990. The minimum absolute atomic E-state index is 0.0414. The van der Waals surface area contributed by atoms with Crippen molar-refractivity contribution in [3.63, 3.8) is 0 Å². The molecule has 0 radical (unpaired) electrons. The number of aromatic nitrogens is 2. The van der Waals surface area contributed by atoms with Gasteiger partial charge in [-0.2, -0.15) is 0 Å². The molecule has 0 atom stereocenters. The molecule has 0 fully saturated rings. The summed E-state index contributed by atoms with van der Waals surface area (Å²) in [6.45, 7) is 2.80. The van der Waals surface area contributed by atoms with Gasteiger partial charge in [0.25, 0.3) is 0 Å². The predicted octanol–water partition coefficient (Wildman–Crippen LogP) is 3.64. The number of rotatable bonds is 4. The smallest absolute Gasteiger partial charge is 0.170 e. The zero-order valence-electron chi connectivity index (χ0n) is 9.86. The number of hydrogen-bond acceptors (Lipinski definition) is 2. The van der Waals surface area contributed by atoms with E-state index in [-0.39, 0.29) is 12.2 Å². The van der Waals surface area contributed by atoms with Crippen molar-refractivity contribution in [3.05, 3.63) is 52.0 Å². The molecule has 0 saturated carbocycles. The van der Waals surface area contributed by atoms with E-state index in [0.717, 1.165) is 12.4 Å². The second-order valence-electron chi connectivity index (χ2n) is 3.89. The third-order valence-electron chi connectivity index (χ3n) is 2.65. The van der Waals surface area contributed by atoms with Crippen molar-refractivity contribution in [2.45, 2.75) is 19.9 Å². The number of hydrogen-bond donors (Lipinski definition) is 0. The van der Waals surface area contributed by atoms with E-state index in [4.69, 9.17) is 23.2 Å². The maximum atomic E-state index is 12.1. The number of ketones is 1. The van der Waals surface area contributed by atoms with Crippen molar-refractivity contribution in [3.8, 4) is 0 Å². The molecule has 1 aromatic carbocycles. The van der Waals surface area contributed by atoms with Crippen molar-refractivity contribution in [2.75, 3.05) is 0 Å². The fourth-order valence-corrected chi connectivity index (χ4v) is 2.28. The minimum Gasteiger partial charge on any atom is -0.335 e. The fraction of sp³-hybridized carbons (Fsp3) is 0.231. The fourth-order valence-electron chi connectivity index (χ4n) is 1.76. The Morgan fingerprint density at radius 1 is 1.28 bits per heavy atom. The number of imidazole rings is 1. The summed E-state index contributed by atoms with van der Waals surface area (Å²) in [5.74, 6) is 0.707. The third-order valence-corrected chi connectivity index (χ3v) is 3.08. The van der Waals surface area contributed by atoms with Crippen LogP contribution in [-0.2, 0) is 13.0 Å². The molecule has 1 heterocycles. The van der Waals surface area contributed by atoms with Crippen LogP contribution in [0.5, 0.6) is 0 Å². The van der Waals surface area contributed by atoms with E-state index in [1.165, 1.54) is 0 Å². The van der Waals surface area contributed by atoms with Gasteiger partial charge in [-0.05, 0) is 25.1 Å². The number of carbonyl (C=O) groups excluding carboxylic acids is 1. The molecule has 5 heteroatoms. The summed E-state index contributed by atoms with van der Waals surface area (Å²) < 4.78 is 1.93. The molecular formula is C13H12Cl2N2O. The lowest BCUT2D eigenvalue weighted by atomic mass is 10.1. The Labute approximate surface area is 115 Å². The first-order valence-electron chi connectivity index (χ1n) is 5.59. The first kappa shape index (κ1) is 13.1. The van der Waals surface area contributed by atoms with E-state index in [1.54, 1.807) is 24.4 Å². The van der Waals surface area contributed by atoms with Gasteiger partial charge in [0, 0.05) is 34.5 Å². The highest BCUT2D eigenvalue weighted by Gasteiger charge is 2.12. The van der Waals surface area contributed by atoms with Crippen LogP contribution in [0.15, 0.2) is 30.6 Å². The summed E-state index contributed by atoms with van der Waals surface area (Å²) >= 11 is 11.8. The van der Waals surface area contributed by atoms with Crippen molar-refractivity contribution >= 4 is 29.0 Å². The summed E-state index contributed by atoms with van der Waals surface area (Å²) in [7, 11) is 0. The SMILES string of the molecule is CCn1ccnc1CC(=O)c1cc(Cl)cc(Cl)c1. The van der Waals surface area contributed by atoms with E-state index in [1.807, 2.05) is 17.7 Å². The van der Waals surface area contributed by atoms with Crippen molar-refractivity contribution in [2.24, 2.45) is 0 Å². The van der Waals surface area contributed by atoms with E-state index < -0.39 is 0 Å². The molecule has 2 aromatic rings. The lowest BCUT2D eigenvalue weighted by Gasteiger charge is -2.05. The van der Waals surface area contributed by atoms with Gasteiger partial charge < -0.3 is 4.57 Å². The van der Waals surface area contributed by atoms with E-state index in [0.29, 0.717) is 15.6 Å². The zero-order chi connectivity index (χ0) is 13.1. The Morgan fingerprint density at radius 3 is 2.56 bits per heavy atom. The van der Waals surface area contributed by atoms with Crippen LogP contribution in [-0.4, -0.2) is 15.3 Å². The summed E-state index contributed by atoms with van der Waals surface area (Å²) in [6, 6.07) is 4.84. The normalized spacial score (nSPS) is 10.6. The van der Waals surface area contributed by atoms with E-state index in [2.05, 4.69) is 4.98 Å². The standard InChI is InChI=1S/C13H12Cl2N2O/c1-2-17-4-3-16-13(17)8-12(18)9-5-10(14)7-11(15)6-9/h3-7H,2,8H2,1H3. The molecule has 3 nitrogen and oxygen atoms in total. The molecule has 94 valence electrons. The van der Waals surface area contributed by atoms with Crippen LogP contribution >= 0.6 is 23.2 Å². The number of carbonyl (C=O) groups is 1. The Bertz CT molecular complexity index is 558. The summed E-state index contributed by atoms with van der Waals surface area (Å²) in [6.07, 6.45) is 3.79. The number of halogens is 2. The molecule has 0 bridgehead atoms. The second-order valence-corrected chi connectivity index (χ2v) is 4.76. The monoisotopic (exact) mass is 282 g/mol. The van der Waals surface area contributed by atoms with Gasteiger partial charge in [0.2, 0.25) is 0 Å². The maximum Gasteiger partial charge on any atom is 0.170 e. The van der Waals surface area contributed by atoms with E-state index >= 15 is 0 Å². The molecule has 0 aliphatic heterocycles. The molecule has 0 N–H and O–H groups in total. The quantitative estimate of drug-likeness (QED) is 0.803. The number of nitrogens with zero attached hydrogens (tertiary/aromatic N) is 2. The summed E-state index contributed by atoms with van der Waals surface area (Å²) in [5, 5.41) is 0.925. The molecule has 0 aliphatic carbocycles. The number of Topliss-reactive ketones (excluding diaryl/α,β-unsaturated/α-hetero) is 1. The van der Waals surface area contributed by atoms with Gasteiger partial charge in [0.15, 0.2) is 5.78 Å². The van der Waals surface area contributed by atoms with Crippen molar-refractivity contribution in [1.82, 2.24) is 9.55 Å². The first-order chi connectivity index (χ1) is 8.60. The Kier molecular flexibility index (Phi) is 4.04. The van der Waals surface area contributed by atoms with Crippen LogP contribution in [0.25, 0.3) is 0 Å². The van der Waals surface area contributed by atoms with Gasteiger partial charge >= 0.3 is 0 Å². The van der Waals surface area contributed by atoms with Crippen LogP contribution in [0.4, 0.5) is 0 Å². The van der Waals surface area contributed by atoms with E-state index in [9.17, 15) is 4.79 Å². The topological polar surface area (TPSA) is 34.9 Å². The number of aryl methyl sites for hydroxylation is 1.